The van der Waals surface area contributed by atoms with Crippen molar-refractivity contribution in [2.24, 2.45) is 11.8 Å². The number of hydrogen-bond acceptors (Lipinski definition) is 4. The lowest BCUT2D eigenvalue weighted by Crippen LogP contribution is -2.48. The molecule has 0 aromatic heterocycles. The van der Waals surface area contributed by atoms with Gasteiger partial charge in [-0.2, -0.15) is 0 Å². The van der Waals surface area contributed by atoms with Crippen LogP contribution in [0.1, 0.15) is 56.1 Å². The van der Waals surface area contributed by atoms with Crippen molar-refractivity contribution in [2.75, 3.05) is 32.6 Å². The van der Waals surface area contributed by atoms with E-state index in [0.29, 0.717) is 30.3 Å². The summed E-state index contributed by atoms with van der Waals surface area (Å²) >= 11 is 0. The van der Waals surface area contributed by atoms with Gasteiger partial charge in [-0.05, 0) is 48.9 Å². The molecule has 6 nitrogen and oxygen atoms in total. The second-order valence-corrected chi connectivity index (χ2v) is 9.51. The Morgan fingerprint density at radius 1 is 0.941 bits per heavy atom. The largest absolute Gasteiger partial charge is 0.493 e. The first-order chi connectivity index (χ1) is 16.5. The van der Waals surface area contributed by atoms with Gasteiger partial charge in [0.1, 0.15) is 0 Å². The van der Waals surface area contributed by atoms with Crippen LogP contribution >= 0.6 is 0 Å². The monoisotopic (exact) mass is 464 g/mol. The number of aryl methyl sites for hydroxylation is 1. The number of nitrogens with zero attached hydrogens (tertiary/aromatic N) is 1. The molecule has 1 saturated heterocycles. The molecule has 1 N–H and O–H groups in total. The Hall–Kier alpha value is -3.02. The van der Waals surface area contributed by atoms with Crippen molar-refractivity contribution in [3.05, 3.63) is 53.6 Å². The standard InChI is InChI=1S/C28H36N2O4/c1-4-19-9-11-20(12-10-19)22-15-23(18-30(17-22)28(32)21-7-5-6-8-21)27(31)29-24-13-14-25(33-2)26(16-24)34-3/h9-14,16,21-23H,4-8,15,17-18H2,1-3H3,(H,29,31). The molecule has 2 aliphatic rings. The minimum absolute atomic E-state index is 0.0636. The Bertz CT molecular complexity index is 998. The number of carbonyl (C=O) groups is 2. The summed E-state index contributed by atoms with van der Waals surface area (Å²) in [6.45, 7) is 3.30. The number of likely N-dealkylation sites (tertiary alicyclic amines) is 1. The Balaban J connectivity index is 1.54. The second kappa shape index (κ2) is 10.9. The van der Waals surface area contributed by atoms with Crippen molar-refractivity contribution < 1.29 is 19.1 Å². The molecular formula is C28H36N2O4. The molecule has 182 valence electrons. The van der Waals surface area contributed by atoms with Crippen molar-refractivity contribution in [3.63, 3.8) is 0 Å². The first-order valence-corrected chi connectivity index (χ1v) is 12.4. The molecular weight excluding hydrogens is 428 g/mol. The minimum Gasteiger partial charge on any atom is -0.493 e. The molecule has 2 amide bonds. The van der Waals surface area contributed by atoms with Gasteiger partial charge in [-0.25, -0.2) is 0 Å². The van der Waals surface area contributed by atoms with Crippen molar-refractivity contribution in [3.8, 4) is 11.5 Å². The molecule has 34 heavy (non-hydrogen) atoms. The Labute approximate surface area is 202 Å². The van der Waals surface area contributed by atoms with E-state index in [-0.39, 0.29) is 29.6 Å². The third kappa shape index (κ3) is 5.37. The van der Waals surface area contributed by atoms with E-state index >= 15 is 0 Å². The molecule has 6 heteroatoms. The van der Waals surface area contributed by atoms with Crippen LogP contribution in [0.25, 0.3) is 0 Å². The highest BCUT2D eigenvalue weighted by Gasteiger charge is 2.37. The number of benzene rings is 2. The Morgan fingerprint density at radius 3 is 2.29 bits per heavy atom. The third-order valence-electron chi connectivity index (χ3n) is 7.35. The number of rotatable bonds is 7. The third-order valence-corrected chi connectivity index (χ3v) is 7.35. The van der Waals surface area contributed by atoms with Gasteiger partial charge in [-0.3, -0.25) is 9.59 Å². The first kappa shape index (κ1) is 24.1. The summed E-state index contributed by atoms with van der Waals surface area (Å²) in [7, 11) is 3.16. The van der Waals surface area contributed by atoms with Gasteiger partial charge in [-0.1, -0.05) is 44.0 Å². The van der Waals surface area contributed by atoms with Crippen molar-refractivity contribution in [1.82, 2.24) is 4.90 Å². The van der Waals surface area contributed by atoms with Gasteiger partial charge in [0.25, 0.3) is 0 Å². The maximum Gasteiger partial charge on any atom is 0.229 e. The average Bonchev–Trinajstić information content (AvgIpc) is 3.43. The van der Waals surface area contributed by atoms with Crippen LogP contribution in [0.4, 0.5) is 5.69 Å². The summed E-state index contributed by atoms with van der Waals surface area (Å²) in [4.78, 5) is 28.6. The highest BCUT2D eigenvalue weighted by Crippen LogP contribution is 2.35. The summed E-state index contributed by atoms with van der Waals surface area (Å²) in [5.41, 5.74) is 3.15. The molecule has 0 spiro atoms. The number of ether oxygens (including phenoxy) is 2. The van der Waals surface area contributed by atoms with Gasteiger partial charge in [0.05, 0.1) is 20.1 Å². The normalized spacial score (nSPS) is 20.7. The lowest BCUT2D eigenvalue weighted by atomic mass is 9.83. The zero-order chi connectivity index (χ0) is 24.1. The molecule has 1 saturated carbocycles. The van der Waals surface area contributed by atoms with Crippen LogP contribution in [0.15, 0.2) is 42.5 Å². The Morgan fingerprint density at radius 2 is 1.65 bits per heavy atom. The van der Waals surface area contributed by atoms with Crippen molar-refractivity contribution in [2.45, 2.75) is 51.4 Å². The highest BCUT2D eigenvalue weighted by molar-refractivity contribution is 5.93. The van der Waals surface area contributed by atoms with Crippen molar-refractivity contribution >= 4 is 17.5 Å². The van der Waals surface area contributed by atoms with E-state index in [2.05, 4.69) is 36.5 Å². The Kier molecular flexibility index (Phi) is 7.76. The maximum absolute atomic E-state index is 13.4. The number of methoxy groups -OCH3 is 2. The molecule has 2 aromatic carbocycles. The van der Waals surface area contributed by atoms with Crippen molar-refractivity contribution in [1.29, 1.82) is 0 Å². The summed E-state index contributed by atoms with van der Waals surface area (Å²) in [6.07, 6.45) is 5.89. The zero-order valence-corrected chi connectivity index (χ0v) is 20.5. The van der Waals surface area contributed by atoms with Crippen LogP contribution in [0, 0.1) is 11.8 Å². The van der Waals surface area contributed by atoms with Crippen LogP contribution in [0.5, 0.6) is 11.5 Å². The van der Waals surface area contributed by atoms with E-state index in [0.717, 1.165) is 38.5 Å². The van der Waals surface area contributed by atoms with E-state index in [1.807, 2.05) is 11.0 Å². The molecule has 2 atom stereocenters. The summed E-state index contributed by atoms with van der Waals surface area (Å²) < 4.78 is 10.7. The summed E-state index contributed by atoms with van der Waals surface area (Å²) in [6, 6.07) is 14.0. The van der Waals surface area contributed by atoms with Crippen LogP contribution in [0.2, 0.25) is 0 Å². The average molecular weight is 465 g/mol. The maximum atomic E-state index is 13.4. The second-order valence-electron chi connectivity index (χ2n) is 9.51. The van der Waals surface area contributed by atoms with Gasteiger partial charge in [0, 0.05) is 36.7 Å². The first-order valence-electron chi connectivity index (χ1n) is 12.4. The molecule has 1 aliphatic carbocycles. The van der Waals surface area contributed by atoms with E-state index in [4.69, 9.17) is 9.47 Å². The quantitative estimate of drug-likeness (QED) is 0.624. The van der Waals surface area contributed by atoms with Gasteiger partial charge < -0.3 is 19.7 Å². The van der Waals surface area contributed by atoms with E-state index in [9.17, 15) is 9.59 Å². The number of carbonyl (C=O) groups excluding carboxylic acids is 2. The molecule has 0 radical (unpaired) electrons. The predicted octanol–water partition coefficient (Wildman–Crippen LogP) is 5.03. The van der Waals surface area contributed by atoms with Gasteiger partial charge in [0.15, 0.2) is 11.5 Å². The fraction of sp³-hybridized carbons (Fsp3) is 0.500. The SMILES string of the molecule is CCc1ccc(C2CC(C(=O)Nc3ccc(OC)c(OC)c3)CN(C(=O)C3CCCC3)C2)cc1. The minimum atomic E-state index is -0.275. The van der Waals surface area contributed by atoms with Crippen LogP contribution in [-0.4, -0.2) is 44.0 Å². The lowest BCUT2D eigenvalue weighted by molar-refractivity contribution is -0.138. The van der Waals surface area contributed by atoms with Crippen LogP contribution < -0.4 is 14.8 Å². The van der Waals surface area contributed by atoms with E-state index in [1.165, 1.54) is 11.1 Å². The van der Waals surface area contributed by atoms with Crippen LogP contribution in [-0.2, 0) is 16.0 Å². The van der Waals surface area contributed by atoms with Crippen LogP contribution in [0.3, 0.4) is 0 Å². The molecule has 2 fully saturated rings. The van der Waals surface area contributed by atoms with E-state index in [1.54, 1.807) is 26.4 Å². The van der Waals surface area contributed by atoms with E-state index < -0.39 is 0 Å². The summed E-state index contributed by atoms with van der Waals surface area (Å²) in [5, 5.41) is 3.04. The topological polar surface area (TPSA) is 67.9 Å². The van der Waals surface area contributed by atoms with Gasteiger partial charge in [-0.15, -0.1) is 0 Å². The lowest BCUT2D eigenvalue weighted by Gasteiger charge is -2.38. The molecule has 0 bridgehead atoms. The van der Waals surface area contributed by atoms with Gasteiger partial charge >= 0.3 is 0 Å². The smallest absolute Gasteiger partial charge is 0.229 e. The fourth-order valence-electron chi connectivity index (χ4n) is 5.33. The summed E-state index contributed by atoms with van der Waals surface area (Å²) in [5.74, 6) is 1.31. The molecule has 2 unspecified atom stereocenters. The van der Waals surface area contributed by atoms with Gasteiger partial charge in [0.2, 0.25) is 11.8 Å². The number of amides is 2. The number of hydrogen-bond donors (Lipinski definition) is 1. The highest BCUT2D eigenvalue weighted by atomic mass is 16.5. The predicted molar refractivity (Wildman–Crippen MR) is 133 cm³/mol. The molecule has 1 aliphatic heterocycles. The molecule has 4 rings (SSSR count). The molecule has 1 heterocycles. The number of nitrogens with one attached hydrogen (secondary N) is 1. The molecule has 2 aromatic rings. The fourth-order valence-corrected chi connectivity index (χ4v) is 5.33. The number of piperidine rings is 1. The zero-order valence-electron chi connectivity index (χ0n) is 20.5. The number of anilines is 1.